The molecule has 0 bridgehead atoms. The molecule has 1 aliphatic rings. The van der Waals surface area contributed by atoms with E-state index < -0.39 is 10.0 Å². The molecular formula is C20H23N3O2S. The number of rotatable bonds is 3. The zero-order chi connectivity index (χ0) is 18.3. The summed E-state index contributed by atoms with van der Waals surface area (Å²) < 4.78 is 29.8. The van der Waals surface area contributed by atoms with Gasteiger partial charge in [-0.05, 0) is 42.5 Å². The van der Waals surface area contributed by atoms with Crippen LogP contribution in [0.1, 0.15) is 20.3 Å². The Balaban J connectivity index is 1.70. The highest BCUT2D eigenvalue weighted by Crippen LogP contribution is 2.29. The van der Waals surface area contributed by atoms with E-state index in [4.69, 9.17) is 0 Å². The summed E-state index contributed by atoms with van der Waals surface area (Å²) in [6, 6.07) is 12.9. The lowest BCUT2D eigenvalue weighted by Crippen LogP contribution is -2.42. The number of piperidine rings is 1. The quantitative estimate of drug-likeness (QED) is 0.708. The van der Waals surface area contributed by atoms with Gasteiger partial charge in [0, 0.05) is 31.0 Å². The third-order valence-electron chi connectivity index (χ3n) is 4.97. The lowest BCUT2D eigenvalue weighted by Gasteiger charge is -2.34. The molecule has 0 aliphatic carbocycles. The Bertz CT molecular complexity index is 999. The Kier molecular flexibility index (Phi) is 4.32. The molecule has 1 fully saturated rings. The molecule has 3 heterocycles. The Morgan fingerprint density at radius 2 is 1.81 bits per heavy atom. The van der Waals surface area contributed by atoms with Crippen LogP contribution in [-0.4, -0.2) is 35.2 Å². The monoisotopic (exact) mass is 369 g/mol. The second-order valence-corrected chi connectivity index (χ2v) is 9.33. The van der Waals surface area contributed by atoms with Gasteiger partial charge in [-0.3, -0.25) is 0 Å². The topological polar surface area (TPSA) is 54.7 Å². The van der Waals surface area contributed by atoms with Gasteiger partial charge < -0.3 is 4.40 Å². The molecule has 4 rings (SSSR count). The minimum absolute atomic E-state index is 0.341. The van der Waals surface area contributed by atoms with E-state index in [9.17, 15) is 8.42 Å². The van der Waals surface area contributed by atoms with E-state index in [-0.39, 0.29) is 0 Å². The third kappa shape index (κ3) is 3.15. The molecule has 0 amide bonds. The summed E-state index contributed by atoms with van der Waals surface area (Å²) in [5, 5.41) is 0. The lowest BCUT2D eigenvalue weighted by molar-refractivity contribution is 0.222. The molecule has 0 spiro atoms. The smallest absolute Gasteiger partial charge is 0.243 e. The van der Waals surface area contributed by atoms with Crippen LogP contribution in [0.2, 0.25) is 0 Å². The van der Waals surface area contributed by atoms with Crippen LogP contribution in [0.25, 0.3) is 16.9 Å². The first kappa shape index (κ1) is 17.2. The van der Waals surface area contributed by atoms with Crippen LogP contribution in [0.4, 0.5) is 0 Å². The first-order valence-corrected chi connectivity index (χ1v) is 10.4. The van der Waals surface area contributed by atoms with Gasteiger partial charge in [-0.2, -0.15) is 4.31 Å². The van der Waals surface area contributed by atoms with Crippen LogP contribution in [0.3, 0.4) is 0 Å². The molecule has 0 radical (unpaired) electrons. The summed E-state index contributed by atoms with van der Waals surface area (Å²) in [7, 11) is -3.49. The average Bonchev–Trinajstić information content (AvgIpc) is 3.05. The minimum atomic E-state index is -3.49. The zero-order valence-electron chi connectivity index (χ0n) is 15.0. The van der Waals surface area contributed by atoms with Gasteiger partial charge in [0.05, 0.1) is 10.6 Å². The first-order valence-electron chi connectivity index (χ1n) is 8.98. The second-order valence-electron chi connectivity index (χ2n) is 7.39. The van der Waals surface area contributed by atoms with Crippen molar-refractivity contribution in [3.05, 3.63) is 54.9 Å². The number of hydrogen-bond donors (Lipinski definition) is 0. The van der Waals surface area contributed by atoms with Gasteiger partial charge in [0.2, 0.25) is 10.0 Å². The molecule has 0 saturated carbocycles. The first-order chi connectivity index (χ1) is 12.4. The molecule has 1 aromatic carbocycles. The molecule has 2 unspecified atom stereocenters. The fourth-order valence-corrected chi connectivity index (χ4v) is 5.57. The average molecular weight is 369 g/mol. The molecule has 2 aromatic heterocycles. The summed E-state index contributed by atoms with van der Waals surface area (Å²) in [5.41, 5.74) is 2.43. The van der Waals surface area contributed by atoms with Gasteiger partial charge in [-0.15, -0.1) is 0 Å². The van der Waals surface area contributed by atoms with E-state index in [1.165, 1.54) is 0 Å². The maximum Gasteiger partial charge on any atom is 0.243 e. The van der Waals surface area contributed by atoms with Crippen molar-refractivity contribution in [3.63, 3.8) is 0 Å². The van der Waals surface area contributed by atoms with Gasteiger partial charge in [0.1, 0.15) is 5.65 Å². The number of sulfonamides is 1. The van der Waals surface area contributed by atoms with Crippen molar-refractivity contribution < 1.29 is 8.42 Å². The minimum Gasteiger partial charge on any atom is -0.306 e. The van der Waals surface area contributed by atoms with E-state index in [1.807, 2.05) is 41.1 Å². The molecular weight excluding hydrogens is 346 g/mol. The van der Waals surface area contributed by atoms with Crippen molar-refractivity contribution in [1.29, 1.82) is 0 Å². The largest absolute Gasteiger partial charge is 0.306 e. The van der Waals surface area contributed by atoms with Crippen LogP contribution >= 0.6 is 0 Å². The lowest BCUT2D eigenvalue weighted by atomic mass is 9.94. The molecule has 2 atom stereocenters. The van der Waals surface area contributed by atoms with Crippen molar-refractivity contribution in [3.8, 4) is 11.3 Å². The summed E-state index contributed by atoms with van der Waals surface area (Å²) in [5.74, 6) is 0.769. The van der Waals surface area contributed by atoms with Crippen LogP contribution < -0.4 is 0 Å². The van der Waals surface area contributed by atoms with E-state index in [2.05, 4.69) is 18.8 Å². The van der Waals surface area contributed by atoms with Gasteiger partial charge in [-0.25, -0.2) is 13.4 Å². The van der Waals surface area contributed by atoms with Crippen LogP contribution in [-0.2, 0) is 10.0 Å². The number of fused-ring (bicyclic) bond motifs is 1. The number of benzene rings is 1. The maximum absolute atomic E-state index is 13.1. The summed E-state index contributed by atoms with van der Waals surface area (Å²) in [4.78, 5) is 4.94. The summed E-state index contributed by atoms with van der Waals surface area (Å²) in [6.45, 7) is 5.41. The molecule has 1 saturated heterocycles. The SMILES string of the molecule is CC1CC(C)CN(S(=O)(=O)c2cccc(-c3cn4ccccc4n3)c2)C1. The highest BCUT2D eigenvalue weighted by atomic mass is 32.2. The van der Waals surface area contributed by atoms with Crippen LogP contribution in [0.15, 0.2) is 59.8 Å². The number of pyridine rings is 1. The van der Waals surface area contributed by atoms with E-state index in [0.29, 0.717) is 29.8 Å². The van der Waals surface area contributed by atoms with Crippen molar-refractivity contribution in [2.24, 2.45) is 11.8 Å². The van der Waals surface area contributed by atoms with Gasteiger partial charge in [0.15, 0.2) is 0 Å². The number of aromatic nitrogens is 2. The van der Waals surface area contributed by atoms with Gasteiger partial charge in [-0.1, -0.05) is 32.0 Å². The molecule has 1 aliphatic heterocycles. The number of imidazole rings is 1. The number of hydrogen-bond acceptors (Lipinski definition) is 3. The van der Waals surface area contributed by atoms with E-state index in [1.54, 1.807) is 22.5 Å². The predicted octanol–water partition coefficient (Wildman–Crippen LogP) is 3.67. The van der Waals surface area contributed by atoms with Crippen LogP contribution in [0.5, 0.6) is 0 Å². The summed E-state index contributed by atoms with van der Waals surface area (Å²) >= 11 is 0. The standard InChI is InChI=1S/C20H23N3O2S/c1-15-10-16(2)13-23(12-15)26(24,25)18-7-5-6-17(11-18)19-14-22-9-4-3-8-20(22)21-19/h3-9,11,14-16H,10,12-13H2,1-2H3. The maximum atomic E-state index is 13.1. The second kappa shape index (κ2) is 6.52. The van der Waals surface area contributed by atoms with Gasteiger partial charge >= 0.3 is 0 Å². The molecule has 26 heavy (non-hydrogen) atoms. The van der Waals surface area contributed by atoms with E-state index in [0.717, 1.165) is 23.3 Å². The molecule has 0 N–H and O–H groups in total. The number of nitrogens with zero attached hydrogens (tertiary/aromatic N) is 3. The fourth-order valence-electron chi connectivity index (χ4n) is 3.84. The fraction of sp³-hybridized carbons (Fsp3) is 0.350. The predicted molar refractivity (Wildman–Crippen MR) is 102 cm³/mol. The van der Waals surface area contributed by atoms with Crippen molar-refractivity contribution in [2.75, 3.05) is 13.1 Å². The highest BCUT2D eigenvalue weighted by Gasteiger charge is 2.31. The van der Waals surface area contributed by atoms with Gasteiger partial charge in [0.25, 0.3) is 0 Å². The van der Waals surface area contributed by atoms with Crippen molar-refractivity contribution in [2.45, 2.75) is 25.2 Å². The molecule has 5 nitrogen and oxygen atoms in total. The Morgan fingerprint density at radius 1 is 1.04 bits per heavy atom. The molecule has 6 heteroatoms. The molecule has 136 valence electrons. The third-order valence-corrected chi connectivity index (χ3v) is 6.79. The Morgan fingerprint density at radius 3 is 2.54 bits per heavy atom. The van der Waals surface area contributed by atoms with E-state index >= 15 is 0 Å². The van der Waals surface area contributed by atoms with Crippen molar-refractivity contribution >= 4 is 15.7 Å². The summed E-state index contributed by atoms with van der Waals surface area (Å²) in [6.07, 6.45) is 4.93. The Hall–Kier alpha value is -2.18. The normalized spacial score (nSPS) is 21.9. The molecule has 3 aromatic rings. The Labute approximate surface area is 154 Å². The highest BCUT2D eigenvalue weighted by molar-refractivity contribution is 7.89. The van der Waals surface area contributed by atoms with Crippen molar-refractivity contribution in [1.82, 2.24) is 13.7 Å². The zero-order valence-corrected chi connectivity index (χ0v) is 15.9. The van der Waals surface area contributed by atoms with Crippen LogP contribution in [0, 0.1) is 11.8 Å².